The van der Waals surface area contributed by atoms with E-state index in [1.165, 1.54) is 6.26 Å². The van der Waals surface area contributed by atoms with Gasteiger partial charge >= 0.3 is 0 Å². The molecule has 1 rings (SSSR count). The Morgan fingerprint density at radius 3 is 2.24 bits per heavy atom. The highest BCUT2D eigenvalue weighted by atomic mass is 32.2. The van der Waals surface area contributed by atoms with Crippen LogP contribution in [0.25, 0.3) is 0 Å². The Balaban J connectivity index is 2.69. The third-order valence-electron chi connectivity index (χ3n) is 2.64. The summed E-state index contributed by atoms with van der Waals surface area (Å²) >= 11 is 0. The lowest BCUT2D eigenvalue weighted by Gasteiger charge is -2.13. The van der Waals surface area contributed by atoms with E-state index in [0.717, 1.165) is 23.6 Å². The number of hydrogen-bond acceptors (Lipinski definition) is 3. The van der Waals surface area contributed by atoms with Gasteiger partial charge in [-0.1, -0.05) is 24.3 Å². The second-order valence-corrected chi connectivity index (χ2v) is 7.52. The summed E-state index contributed by atoms with van der Waals surface area (Å²) in [6.07, 6.45) is 1.24. The summed E-state index contributed by atoms with van der Waals surface area (Å²) in [5.74, 6) is 0.862. The first-order valence-corrected chi connectivity index (χ1v) is 9.16. The fourth-order valence-electron chi connectivity index (χ4n) is 1.81. The number of nitrogens with zero attached hydrogens (tertiary/aromatic N) is 1. The zero-order chi connectivity index (χ0) is 15.9. The molecule has 0 saturated carbocycles. The Hall–Kier alpha value is -1.56. The first-order valence-electron chi connectivity index (χ1n) is 7.10. The van der Waals surface area contributed by atoms with E-state index in [9.17, 15) is 8.42 Å². The molecule has 1 aromatic rings. The van der Waals surface area contributed by atoms with Crippen LogP contribution in [0.5, 0.6) is 0 Å². The molecule has 0 unspecified atom stereocenters. The van der Waals surface area contributed by atoms with Crippen molar-refractivity contribution in [2.24, 2.45) is 4.99 Å². The zero-order valence-corrected chi connectivity index (χ0v) is 14.0. The SMILES string of the molecule is CCNC(=NCc1ccc(CS(C)(=O)=O)cc1)NC(C)C. The molecular formula is C15H25N3O2S. The fourth-order valence-corrected chi connectivity index (χ4v) is 2.61. The Bertz CT molecular complexity index is 563. The average Bonchev–Trinajstić information content (AvgIpc) is 2.35. The minimum atomic E-state index is -2.98. The fraction of sp³-hybridized carbons (Fsp3) is 0.533. The van der Waals surface area contributed by atoms with E-state index < -0.39 is 9.84 Å². The Morgan fingerprint density at radius 2 is 1.76 bits per heavy atom. The molecule has 0 radical (unpaired) electrons. The molecule has 6 heteroatoms. The van der Waals surface area contributed by atoms with Gasteiger partial charge in [-0.25, -0.2) is 13.4 Å². The van der Waals surface area contributed by atoms with Crippen molar-refractivity contribution in [3.63, 3.8) is 0 Å². The predicted octanol–water partition coefficient (Wildman–Crippen LogP) is 1.69. The van der Waals surface area contributed by atoms with E-state index in [4.69, 9.17) is 0 Å². The molecule has 0 aliphatic rings. The van der Waals surface area contributed by atoms with Crippen LogP contribution in [-0.4, -0.2) is 33.2 Å². The molecule has 0 fully saturated rings. The lowest BCUT2D eigenvalue weighted by molar-refractivity contribution is 0.601. The third-order valence-corrected chi connectivity index (χ3v) is 3.50. The van der Waals surface area contributed by atoms with E-state index in [1.54, 1.807) is 0 Å². The van der Waals surface area contributed by atoms with Gasteiger partial charge in [0.1, 0.15) is 0 Å². The van der Waals surface area contributed by atoms with Crippen molar-refractivity contribution < 1.29 is 8.42 Å². The number of benzene rings is 1. The van der Waals surface area contributed by atoms with Crippen LogP contribution in [0.2, 0.25) is 0 Å². The first kappa shape index (κ1) is 17.5. The summed E-state index contributed by atoms with van der Waals surface area (Å²) in [6, 6.07) is 7.84. The highest BCUT2D eigenvalue weighted by Gasteiger charge is 2.04. The lowest BCUT2D eigenvalue weighted by atomic mass is 10.1. The zero-order valence-electron chi connectivity index (χ0n) is 13.2. The molecule has 0 heterocycles. The van der Waals surface area contributed by atoms with Gasteiger partial charge in [-0.2, -0.15) is 0 Å². The molecule has 0 spiro atoms. The molecule has 0 aliphatic heterocycles. The van der Waals surface area contributed by atoms with Crippen LogP contribution in [0.4, 0.5) is 0 Å². The second kappa shape index (κ2) is 8.02. The molecule has 0 atom stereocenters. The third kappa shape index (κ3) is 7.70. The number of sulfone groups is 1. The first-order chi connectivity index (χ1) is 9.80. The molecule has 0 saturated heterocycles. The minimum absolute atomic E-state index is 0.0775. The van der Waals surface area contributed by atoms with Crippen molar-refractivity contribution in [3.05, 3.63) is 35.4 Å². The van der Waals surface area contributed by atoms with Crippen LogP contribution < -0.4 is 10.6 Å². The minimum Gasteiger partial charge on any atom is -0.357 e. The van der Waals surface area contributed by atoms with Gasteiger partial charge in [-0.3, -0.25) is 0 Å². The highest BCUT2D eigenvalue weighted by Crippen LogP contribution is 2.08. The van der Waals surface area contributed by atoms with Crippen molar-refractivity contribution >= 4 is 15.8 Å². The van der Waals surface area contributed by atoms with E-state index >= 15 is 0 Å². The average molecular weight is 311 g/mol. The van der Waals surface area contributed by atoms with Crippen LogP contribution in [0.15, 0.2) is 29.3 Å². The smallest absolute Gasteiger partial charge is 0.191 e. The van der Waals surface area contributed by atoms with Crippen LogP contribution in [0.1, 0.15) is 31.9 Å². The van der Waals surface area contributed by atoms with Crippen molar-refractivity contribution in [2.75, 3.05) is 12.8 Å². The van der Waals surface area contributed by atoms with Gasteiger partial charge in [0.05, 0.1) is 12.3 Å². The van der Waals surface area contributed by atoms with Crippen LogP contribution in [-0.2, 0) is 22.1 Å². The predicted molar refractivity (Wildman–Crippen MR) is 88.1 cm³/mol. The van der Waals surface area contributed by atoms with Gasteiger partial charge < -0.3 is 10.6 Å². The largest absolute Gasteiger partial charge is 0.357 e. The van der Waals surface area contributed by atoms with Crippen molar-refractivity contribution in [3.8, 4) is 0 Å². The molecule has 5 nitrogen and oxygen atoms in total. The Kier molecular flexibility index (Phi) is 6.68. The monoisotopic (exact) mass is 311 g/mol. The standard InChI is InChI=1S/C15H25N3O2S/c1-5-16-15(18-12(2)3)17-10-13-6-8-14(9-7-13)11-21(4,19)20/h6-9,12H,5,10-11H2,1-4H3,(H2,16,17,18). The van der Waals surface area contributed by atoms with Gasteiger partial charge in [0.2, 0.25) is 0 Å². The van der Waals surface area contributed by atoms with Crippen molar-refractivity contribution in [1.82, 2.24) is 10.6 Å². The molecule has 1 aromatic carbocycles. The molecule has 0 aliphatic carbocycles. The van der Waals surface area contributed by atoms with Crippen LogP contribution in [0, 0.1) is 0 Å². The molecule has 118 valence electrons. The van der Waals surface area contributed by atoms with Crippen molar-refractivity contribution in [1.29, 1.82) is 0 Å². The molecule has 0 amide bonds. The van der Waals surface area contributed by atoms with Gasteiger partial charge in [0, 0.05) is 18.8 Å². The summed E-state index contributed by atoms with van der Waals surface area (Å²) in [5, 5.41) is 6.44. The number of guanidine groups is 1. The maximum Gasteiger partial charge on any atom is 0.191 e. The summed E-state index contributed by atoms with van der Waals surface area (Å²) in [6.45, 7) is 7.52. The highest BCUT2D eigenvalue weighted by molar-refractivity contribution is 7.89. The molecule has 21 heavy (non-hydrogen) atoms. The molecule has 2 N–H and O–H groups in total. The Labute approximate surface area is 127 Å². The van der Waals surface area contributed by atoms with E-state index in [2.05, 4.69) is 29.5 Å². The quantitative estimate of drug-likeness (QED) is 0.619. The van der Waals surface area contributed by atoms with E-state index in [1.807, 2.05) is 31.2 Å². The van der Waals surface area contributed by atoms with Crippen LogP contribution in [0.3, 0.4) is 0 Å². The summed E-state index contributed by atoms with van der Waals surface area (Å²) in [7, 11) is -2.98. The van der Waals surface area contributed by atoms with E-state index in [-0.39, 0.29) is 5.75 Å². The summed E-state index contributed by atoms with van der Waals surface area (Å²) < 4.78 is 22.5. The molecule has 0 aromatic heterocycles. The van der Waals surface area contributed by atoms with Gasteiger partial charge in [-0.05, 0) is 31.9 Å². The normalized spacial score (nSPS) is 12.5. The lowest BCUT2D eigenvalue weighted by Crippen LogP contribution is -2.40. The molecule has 0 bridgehead atoms. The van der Waals surface area contributed by atoms with Crippen molar-refractivity contribution in [2.45, 2.75) is 39.1 Å². The topological polar surface area (TPSA) is 70.6 Å². The molecular weight excluding hydrogens is 286 g/mol. The van der Waals surface area contributed by atoms with Crippen LogP contribution >= 0.6 is 0 Å². The van der Waals surface area contributed by atoms with Gasteiger partial charge in [0.25, 0.3) is 0 Å². The number of nitrogens with one attached hydrogen (secondary N) is 2. The van der Waals surface area contributed by atoms with Gasteiger partial charge in [0.15, 0.2) is 15.8 Å². The number of aliphatic imine (C=N–C) groups is 1. The summed E-state index contributed by atoms with van der Waals surface area (Å²) in [5.41, 5.74) is 1.85. The Morgan fingerprint density at radius 1 is 1.19 bits per heavy atom. The number of hydrogen-bond donors (Lipinski definition) is 2. The number of rotatable bonds is 6. The van der Waals surface area contributed by atoms with Gasteiger partial charge in [-0.15, -0.1) is 0 Å². The maximum atomic E-state index is 11.2. The second-order valence-electron chi connectivity index (χ2n) is 5.38. The van der Waals surface area contributed by atoms with E-state index in [0.29, 0.717) is 12.6 Å². The maximum absolute atomic E-state index is 11.2. The summed E-state index contributed by atoms with van der Waals surface area (Å²) in [4.78, 5) is 4.50.